The van der Waals surface area contributed by atoms with Gasteiger partial charge in [0.05, 0.1) is 0 Å². The van der Waals surface area contributed by atoms with E-state index in [4.69, 9.17) is 0 Å². The average molecular weight is 988 g/mol. The SMILES string of the molecule is CC1(C)C2CCCCC2C2CCC(N(C3CCC4C(C3)SC3CC(N(C5CCC6C(CC7CCCCC76)C5)C5CCC6C(CC7CCCCC76)C5)CCC34)C3CCC4C5CCCCC5C(C)(C)C4C3)CC21. The monoisotopic (exact) mass is 987 g/mol. The highest BCUT2D eigenvalue weighted by Gasteiger charge is 2.61. The highest BCUT2D eigenvalue weighted by atomic mass is 32.2. The molecule has 1 saturated heterocycles. The van der Waals surface area contributed by atoms with Crippen molar-refractivity contribution in [2.24, 2.45) is 117 Å². The molecule has 1 heterocycles. The topological polar surface area (TPSA) is 6.48 Å². The molecule has 14 aliphatic carbocycles. The van der Waals surface area contributed by atoms with Gasteiger partial charge < -0.3 is 0 Å². The summed E-state index contributed by atoms with van der Waals surface area (Å²) < 4.78 is 0. The molecular formula is C68H110N2S. The minimum Gasteiger partial charge on any atom is -0.294 e. The third kappa shape index (κ3) is 8.01. The Kier molecular flexibility index (Phi) is 12.9. The van der Waals surface area contributed by atoms with Crippen molar-refractivity contribution in [3.8, 4) is 0 Å². The lowest BCUT2D eigenvalue weighted by Gasteiger charge is -2.54. The largest absolute Gasteiger partial charge is 0.294 e. The molecule has 0 aromatic heterocycles. The molecule has 0 N–H and O–H groups in total. The Hall–Kier alpha value is 0.270. The Morgan fingerprint density at radius 1 is 0.254 bits per heavy atom. The predicted octanol–water partition coefficient (Wildman–Crippen LogP) is 17.7. The van der Waals surface area contributed by atoms with E-state index in [0.717, 1.165) is 153 Å². The van der Waals surface area contributed by atoms with Crippen molar-refractivity contribution in [1.82, 2.24) is 9.80 Å². The summed E-state index contributed by atoms with van der Waals surface area (Å²) in [5.41, 5.74) is 1.12. The zero-order valence-corrected chi connectivity index (χ0v) is 47.6. The Labute approximate surface area is 442 Å². The number of thioether (sulfide) groups is 1. The van der Waals surface area contributed by atoms with Crippen molar-refractivity contribution < 1.29 is 0 Å². The van der Waals surface area contributed by atoms with E-state index in [9.17, 15) is 0 Å². The van der Waals surface area contributed by atoms with Gasteiger partial charge in [-0.1, -0.05) is 91.9 Å². The van der Waals surface area contributed by atoms with Crippen LogP contribution in [-0.4, -0.2) is 56.6 Å². The molecule has 0 bridgehead atoms. The Morgan fingerprint density at radius 2 is 0.563 bits per heavy atom. The molecule has 0 aromatic rings. The highest BCUT2D eigenvalue weighted by molar-refractivity contribution is 8.00. The fourth-order valence-electron chi connectivity index (χ4n) is 27.2. The van der Waals surface area contributed by atoms with Gasteiger partial charge in [-0.05, 0) is 284 Å². The van der Waals surface area contributed by atoms with Crippen molar-refractivity contribution in [2.75, 3.05) is 0 Å². The lowest BCUT2D eigenvalue weighted by atomic mass is 9.65. The zero-order valence-electron chi connectivity index (χ0n) is 46.8. The van der Waals surface area contributed by atoms with Crippen molar-refractivity contribution in [1.29, 1.82) is 0 Å². The van der Waals surface area contributed by atoms with E-state index >= 15 is 0 Å². The van der Waals surface area contributed by atoms with Gasteiger partial charge in [-0.2, -0.15) is 11.8 Å². The van der Waals surface area contributed by atoms with Crippen LogP contribution in [0.25, 0.3) is 0 Å². The summed E-state index contributed by atoms with van der Waals surface area (Å²) in [7, 11) is 0. The maximum Gasteiger partial charge on any atom is 0.0112 e. The lowest BCUT2D eigenvalue weighted by Crippen LogP contribution is -2.56. The molecule has 14 saturated carbocycles. The minimum absolute atomic E-state index is 0.559. The van der Waals surface area contributed by atoms with E-state index < -0.39 is 0 Å². The van der Waals surface area contributed by atoms with Crippen LogP contribution in [-0.2, 0) is 0 Å². The molecule has 0 aromatic carbocycles. The molecule has 15 rings (SSSR count). The number of nitrogens with zero attached hydrogens (tertiary/aromatic N) is 2. The number of hydrogen-bond acceptors (Lipinski definition) is 3. The van der Waals surface area contributed by atoms with Gasteiger partial charge in [0, 0.05) is 46.8 Å². The van der Waals surface area contributed by atoms with Gasteiger partial charge in [-0.15, -0.1) is 0 Å². The number of hydrogen-bond donors (Lipinski definition) is 0. The molecular weight excluding hydrogens is 877 g/mol. The van der Waals surface area contributed by atoms with Crippen LogP contribution in [0.2, 0.25) is 0 Å². The fraction of sp³-hybridized carbons (Fsp3) is 1.00. The maximum absolute atomic E-state index is 3.51. The summed E-state index contributed by atoms with van der Waals surface area (Å²) in [4.78, 5) is 7.00. The maximum atomic E-state index is 3.51. The lowest BCUT2D eigenvalue weighted by molar-refractivity contribution is -0.0388. The van der Waals surface area contributed by atoms with E-state index in [1.54, 1.807) is 205 Å². The van der Waals surface area contributed by atoms with Crippen molar-refractivity contribution in [3.63, 3.8) is 0 Å². The second kappa shape index (κ2) is 19.0. The van der Waals surface area contributed by atoms with Crippen LogP contribution in [0.1, 0.15) is 259 Å². The van der Waals surface area contributed by atoms with Crippen molar-refractivity contribution in [2.45, 2.75) is 306 Å². The van der Waals surface area contributed by atoms with Gasteiger partial charge in [0.2, 0.25) is 0 Å². The molecule has 0 radical (unpaired) electrons. The van der Waals surface area contributed by atoms with E-state index in [2.05, 4.69) is 49.3 Å². The van der Waals surface area contributed by atoms with Gasteiger partial charge >= 0.3 is 0 Å². The van der Waals surface area contributed by atoms with Crippen LogP contribution in [0, 0.1) is 117 Å². The Balaban J connectivity index is 0.679. The highest BCUT2D eigenvalue weighted by Crippen LogP contribution is 2.67. The van der Waals surface area contributed by atoms with E-state index in [1.807, 2.05) is 0 Å². The first-order chi connectivity index (χ1) is 34.7. The molecule has 0 amide bonds. The zero-order chi connectivity index (χ0) is 47.3. The second-order valence-electron chi connectivity index (χ2n) is 32.3. The third-order valence-electron chi connectivity index (χ3n) is 29.6. The number of rotatable bonds is 6. The first-order valence-corrected chi connectivity index (χ1v) is 34.8. The molecule has 26 unspecified atom stereocenters. The van der Waals surface area contributed by atoms with Gasteiger partial charge in [0.25, 0.3) is 0 Å². The van der Waals surface area contributed by atoms with Crippen LogP contribution < -0.4 is 0 Å². The third-order valence-corrected chi connectivity index (χ3v) is 31.4. The fourth-order valence-corrected chi connectivity index (χ4v) is 29.4. The molecule has 15 fully saturated rings. The summed E-state index contributed by atoms with van der Waals surface area (Å²) in [5, 5.41) is 1.92. The molecule has 0 spiro atoms. The molecule has 2 nitrogen and oxygen atoms in total. The first kappa shape index (κ1) is 48.4. The molecule has 398 valence electrons. The van der Waals surface area contributed by atoms with Crippen molar-refractivity contribution >= 4 is 11.8 Å². The smallest absolute Gasteiger partial charge is 0.0112 e. The van der Waals surface area contributed by atoms with Crippen LogP contribution in [0.5, 0.6) is 0 Å². The summed E-state index contributed by atoms with van der Waals surface area (Å²) >= 11 is 2.67. The van der Waals surface area contributed by atoms with Crippen LogP contribution >= 0.6 is 11.8 Å². The quantitative estimate of drug-likeness (QED) is 0.262. The van der Waals surface area contributed by atoms with Crippen LogP contribution in [0.3, 0.4) is 0 Å². The molecule has 1 aliphatic heterocycles. The summed E-state index contributed by atoms with van der Waals surface area (Å²) in [6.07, 6.45) is 56.6. The van der Waals surface area contributed by atoms with E-state index in [1.165, 1.54) is 25.7 Å². The van der Waals surface area contributed by atoms with E-state index in [-0.39, 0.29) is 0 Å². The van der Waals surface area contributed by atoms with Gasteiger partial charge in [-0.3, -0.25) is 9.80 Å². The van der Waals surface area contributed by atoms with Gasteiger partial charge in [-0.25, -0.2) is 0 Å². The van der Waals surface area contributed by atoms with Crippen molar-refractivity contribution in [3.05, 3.63) is 0 Å². The predicted molar refractivity (Wildman–Crippen MR) is 298 cm³/mol. The summed E-state index contributed by atoms with van der Waals surface area (Å²) in [6, 6.07) is 5.34. The molecule has 15 aliphatic rings. The summed E-state index contributed by atoms with van der Waals surface area (Å²) in [6.45, 7) is 11.2. The number of fused-ring (bicyclic) bond motifs is 15. The normalized spacial score (nSPS) is 55.7. The van der Waals surface area contributed by atoms with Crippen LogP contribution in [0.15, 0.2) is 0 Å². The Morgan fingerprint density at radius 3 is 1.00 bits per heavy atom. The van der Waals surface area contributed by atoms with E-state index in [0.29, 0.717) is 10.8 Å². The standard InChI is InChI=1S/C68H110N2S/c1-67(2)61-19-11-9-17-55(61)57-29-23-47(37-63(57)67)70(48-24-30-58-56-18-10-12-20-62(56)68(3,4)64(58)38-48)50-26-32-60-59-31-25-49(39-65(59)71-66(60)40-50)69(45-21-27-53-43(35-45)33-41-13-5-7-15-51(41)53)46-22-28-54-44(36-46)34-42-14-6-8-16-52(42)54/h41-66H,5-40H2,1-4H3. The Bertz CT molecular complexity index is 1780. The van der Waals surface area contributed by atoms with Gasteiger partial charge in [0.15, 0.2) is 0 Å². The van der Waals surface area contributed by atoms with Gasteiger partial charge in [0.1, 0.15) is 0 Å². The first-order valence-electron chi connectivity index (χ1n) is 33.9. The van der Waals surface area contributed by atoms with Crippen LogP contribution in [0.4, 0.5) is 0 Å². The minimum atomic E-state index is 0.559. The molecule has 71 heavy (non-hydrogen) atoms. The summed E-state index contributed by atoms with van der Waals surface area (Å²) in [5.74, 6) is 19.1. The second-order valence-corrected chi connectivity index (χ2v) is 33.7. The molecule has 3 heteroatoms. The molecule has 26 atom stereocenters. The average Bonchev–Trinajstić information content (AvgIpc) is 4.17.